The summed E-state index contributed by atoms with van der Waals surface area (Å²) in [5.74, 6) is 0.334. The van der Waals surface area contributed by atoms with Crippen LogP contribution in [0.5, 0.6) is 0 Å². The van der Waals surface area contributed by atoms with Gasteiger partial charge >= 0.3 is 0 Å². The zero-order chi connectivity index (χ0) is 15.3. The van der Waals surface area contributed by atoms with Crippen molar-refractivity contribution in [1.29, 1.82) is 0 Å². The Kier molecular flexibility index (Phi) is 3.61. The fourth-order valence-electron chi connectivity index (χ4n) is 3.18. The number of halogens is 1. The minimum Gasteiger partial charge on any atom is -0.244 e. The van der Waals surface area contributed by atoms with Crippen LogP contribution in [0, 0.1) is 12.8 Å². The Hall–Kier alpha value is -0.940. The summed E-state index contributed by atoms with van der Waals surface area (Å²) in [6.45, 7) is 3.81. The second kappa shape index (κ2) is 5.06. The van der Waals surface area contributed by atoms with Gasteiger partial charge in [-0.25, -0.2) is 12.8 Å². The molecular weight excluding hydrogens is 289 g/mol. The number of hydrogen-bond acceptors (Lipinski definition) is 2. The van der Waals surface area contributed by atoms with E-state index in [1.165, 1.54) is 0 Å². The van der Waals surface area contributed by atoms with Gasteiger partial charge in [-0.2, -0.15) is 4.31 Å². The standard InChI is InChI=1S/C16H22FNO2S/c1-12-3-7-14(8-4-12)21(19,20)18-10-9-16(2,17)11-15(18)13-5-6-13/h3-4,7-8,13,15H,5-6,9-11H2,1-2H3/t15?,16-/m1/s1. The second-order valence-corrected chi connectivity index (χ2v) is 8.59. The van der Waals surface area contributed by atoms with Gasteiger partial charge in [0.05, 0.1) is 4.90 Å². The molecule has 116 valence electrons. The first kappa shape index (κ1) is 15.0. The molecule has 1 aromatic carbocycles. The lowest BCUT2D eigenvalue weighted by atomic mass is 9.89. The zero-order valence-electron chi connectivity index (χ0n) is 12.5. The summed E-state index contributed by atoms with van der Waals surface area (Å²) < 4.78 is 41.6. The molecule has 2 atom stereocenters. The largest absolute Gasteiger partial charge is 0.244 e. The molecule has 2 fully saturated rings. The van der Waals surface area contributed by atoms with E-state index in [4.69, 9.17) is 0 Å². The first-order valence-electron chi connectivity index (χ1n) is 7.57. The Balaban J connectivity index is 1.91. The van der Waals surface area contributed by atoms with Crippen LogP contribution >= 0.6 is 0 Å². The fraction of sp³-hybridized carbons (Fsp3) is 0.625. The van der Waals surface area contributed by atoms with Gasteiger partial charge in [0.2, 0.25) is 10.0 Å². The van der Waals surface area contributed by atoms with Gasteiger partial charge in [-0.15, -0.1) is 0 Å². The lowest BCUT2D eigenvalue weighted by Crippen LogP contribution is -2.51. The highest BCUT2D eigenvalue weighted by Crippen LogP contribution is 2.44. The van der Waals surface area contributed by atoms with Crippen molar-refractivity contribution in [2.75, 3.05) is 6.54 Å². The minimum absolute atomic E-state index is 0.181. The molecule has 0 aromatic heterocycles. The average molecular weight is 311 g/mol. The van der Waals surface area contributed by atoms with E-state index in [9.17, 15) is 12.8 Å². The number of benzene rings is 1. The molecule has 1 heterocycles. The second-order valence-electron chi connectivity index (χ2n) is 6.70. The Bertz CT molecular complexity index is 620. The number of alkyl halides is 1. The average Bonchev–Trinajstić information content (AvgIpc) is 3.22. The molecule has 1 aromatic rings. The Labute approximate surface area is 126 Å². The lowest BCUT2D eigenvalue weighted by molar-refractivity contribution is 0.0637. The van der Waals surface area contributed by atoms with Crippen LogP contribution in [0.25, 0.3) is 0 Å². The maximum Gasteiger partial charge on any atom is 0.243 e. The number of rotatable bonds is 3. The third-order valence-electron chi connectivity index (χ3n) is 4.65. The number of aryl methyl sites for hydroxylation is 1. The van der Waals surface area contributed by atoms with E-state index in [0.29, 0.717) is 17.2 Å². The molecule has 1 saturated heterocycles. The molecule has 0 N–H and O–H groups in total. The van der Waals surface area contributed by atoms with Crippen molar-refractivity contribution in [3.63, 3.8) is 0 Å². The highest BCUT2D eigenvalue weighted by molar-refractivity contribution is 7.89. The van der Waals surface area contributed by atoms with Crippen molar-refractivity contribution in [2.45, 2.75) is 56.1 Å². The molecule has 21 heavy (non-hydrogen) atoms. The summed E-state index contributed by atoms with van der Waals surface area (Å²) in [6.07, 6.45) is 2.63. The fourth-order valence-corrected chi connectivity index (χ4v) is 4.86. The van der Waals surface area contributed by atoms with Gasteiger partial charge in [-0.05, 0) is 57.6 Å². The molecule has 0 radical (unpaired) electrons. The molecule has 2 aliphatic rings. The molecule has 0 spiro atoms. The maximum absolute atomic E-state index is 14.3. The normalized spacial score (nSPS) is 31.3. The van der Waals surface area contributed by atoms with Crippen molar-refractivity contribution >= 4 is 10.0 Å². The van der Waals surface area contributed by atoms with Gasteiger partial charge in [-0.3, -0.25) is 0 Å². The molecule has 3 rings (SSSR count). The van der Waals surface area contributed by atoms with Crippen LogP contribution in [0.2, 0.25) is 0 Å². The van der Waals surface area contributed by atoms with Gasteiger partial charge < -0.3 is 0 Å². The molecule has 3 nitrogen and oxygen atoms in total. The first-order chi connectivity index (χ1) is 9.79. The maximum atomic E-state index is 14.3. The molecule has 5 heteroatoms. The van der Waals surface area contributed by atoms with E-state index in [0.717, 1.165) is 18.4 Å². The monoisotopic (exact) mass is 311 g/mol. The Morgan fingerprint density at radius 1 is 1.24 bits per heavy atom. The van der Waals surface area contributed by atoms with Gasteiger partial charge in [-0.1, -0.05) is 17.7 Å². The van der Waals surface area contributed by atoms with Crippen molar-refractivity contribution in [3.8, 4) is 0 Å². The van der Waals surface area contributed by atoms with Crippen LogP contribution < -0.4 is 0 Å². The topological polar surface area (TPSA) is 37.4 Å². The van der Waals surface area contributed by atoms with E-state index in [1.54, 1.807) is 23.4 Å². The van der Waals surface area contributed by atoms with E-state index in [2.05, 4.69) is 0 Å². The van der Waals surface area contributed by atoms with E-state index >= 15 is 0 Å². The van der Waals surface area contributed by atoms with Crippen molar-refractivity contribution in [2.24, 2.45) is 5.92 Å². The van der Waals surface area contributed by atoms with Crippen molar-refractivity contribution in [1.82, 2.24) is 4.31 Å². The summed E-state index contributed by atoms with van der Waals surface area (Å²) in [5.41, 5.74) is -0.213. The summed E-state index contributed by atoms with van der Waals surface area (Å²) in [7, 11) is -3.52. The SMILES string of the molecule is Cc1ccc(S(=O)(=O)N2CC[C@@](C)(F)CC2C2CC2)cc1. The molecule has 1 aliphatic carbocycles. The quantitative estimate of drug-likeness (QED) is 0.859. The van der Waals surface area contributed by atoms with E-state index < -0.39 is 15.7 Å². The molecule has 0 amide bonds. The third kappa shape index (κ3) is 2.99. The van der Waals surface area contributed by atoms with Crippen LogP contribution in [0.1, 0.15) is 38.2 Å². The van der Waals surface area contributed by atoms with Crippen LogP contribution in [-0.2, 0) is 10.0 Å². The van der Waals surface area contributed by atoms with Crippen LogP contribution in [0.4, 0.5) is 4.39 Å². The summed E-state index contributed by atoms with van der Waals surface area (Å²) in [4.78, 5) is 0.321. The van der Waals surface area contributed by atoms with Gasteiger partial charge in [0.15, 0.2) is 0 Å². The molecule has 0 bridgehead atoms. The Morgan fingerprint density at radius 3 is 2.43 bits per heavy atom. The van der Waals surface area contributed by atoms with Crippen molar-refractivity contribution in [3.05, 3.63) is 29.8 Å². The minimum atomic E-state index is -3.52. The Morgan fingerprint density at radius 2 is 1.86 bits per heavy atom. The molecule has 1 aliphatic heterocycles. The predicted molar refractivity (Wildman–Crippen MR) is 80.3 cm³/mol. The zero-order valence-corrected chi connectivity index (χ0v) is 13.4. The molecule has 1 unspecified atom stereocenters. The number of sulfonamides is 1. The number of hydrogen-bond donors (Lipinski definition) is 0. The highest BCUT2D eigenvalue weighted by Gasteiger charge is 2.48. The summed E-state index contributed by atoms with van der Waals surface area (Å²) >= 11 is 0. The summed E-state index contributed by atoms with van der Waals surface area (Å²) in [5, 5.41) is 0. The molecular formula is C16H22FNO2S. The number of nitrogens with zero attached hydrogens (tertiary/aromatic N) is 1. The smallest absolute Gasteiger partial charge is 0.243 e. The number of piperidine rings is 1. The van der Waals surface area contributed by atoms with Crippen LogP contribution in [0.3, 0.4) is 0 Å². The van der Waals surface area contributed by atoms with Gasteiger partial charge in [0, 0.05) is 12.6 Å². The van der Waals surface area contributed by atoms with Crippen LogP contribution in [-0.4, -0.2) is 31.0 Å². The van der Waals surface area contributed by atoms with E-state index in [1.807, 2.05) is 19.1 Å². The van der Waals surface area contributed by atoms with Crippen molar-refractivity contribution < 1.29 is 12.8 Å². The lowest BCUT2D eigenvalue weighted by Gasteiger charge is -2.40. The summed E-state index contributed by atoms with van der Waals surface area (Å²) in [6, 6.07) is 6.74. The third-order valence-corrected chi connectivity index (χ3v) is 6.59. The molecule has 1 saturated carbocycles. The van der Waals surface area contributed by atoms with Gasteiger partial charge in [0.1, 0.15) is 5.67 Å². The first-order valence-corrected chi connectivity index (χ1v) is 9.01. The highest BCUT2D eigenvalue weighted by atomic mass is 32.2. The van der Waals surface area contributed by atoms with E-state index in [-0.39, 0.29) is 19.0 Å². The van der Waals surface area contributed by atoms with Crippen LogP contribution in [0.15, 0.2) is 29.2 Å². The predicted octanol–water partition coefficient (Wildman–Crippen LogP) is 3.29. The van der Waals surface area contributed by atoms with Gasteiger partial charge in [0.25, 0.3) is 0 Å².